The summed E-state index contributed by atoms with van der Waals surface area (Å²) in [6, 6.07) is 6.44. The van der Waals surface area contributed by atoms with Crippen molar-refractivity contribution in [1.82, 2.24) is 5.32 Å². The molecule has 1 fully saturated rings. The van der Waals surface area contributed by atoms with E-state index in [-0.39, 0.29) is 5.60 Å². The van der Waals surface area contributed by atoms with Crippen LogP contribution < -0.4 is 10.1 Å². The molecule has 98 valence electrons. The molecular formula is C16H23NO. The maximum Gasteiger partial charge on any atom is 0.124 e. The minimum atomic E-state index is 0.0151. The van der Waals surface area contributed by atoms with Crippen molar-refractivity contribution in [2.75, 3.05) is 0 Å². The van der Waals surface area contributed by atoms with Gasteiger partial charge in [0.25, 0.3) is 0 Å². The van der Waals surface area contributed by atoms with Crippen LogP contribution in [0.4, 0.5) is 0 Å². The topological polar surface area (TPSA) is 21.3 Å². The molecule has 1 aliphatic heterocycles. The first kappa shape index (κ1) is 12.0. The first-order valence-corrected chi connectivity index (χ1v) is 6.98. The van der Waals surface area contributed by atoms with Crippen LogP contribution in [0.3, 0.4) is 0 Å². The van der Waals surface area contributed by atoms with Gasteiger partial charge < -0.3 is 10.1 Å². The van der Waals surface area contributed by atoms with E-state index >= 15 is 0 Å². The zero-order chi connectivity index (χ0) is 12.8. The average molecular weight is 245 g/mol. The van der Waals surface area contributed by atoms with Gasteiger partial charge in [0.05, 0.1) is 0 Å². The van der Waals surface area contributed by atoms with Crippen LogP contribution in [0.1, 0.15) is 51.2 Å². The molecule has 0 spiro atoms. The minimum Gasteiger partial charge on any atom is -0.487 e. The molecule has 2 aliphatic rings. The van der Waals surface area contributed by atoms with Crippen molar-refractivity contribution in [2.24, 2.45) is 5.41 Å². The lowest BCUT2D eigenvalue weighted by Crippen LogP contribution is -2.30. The molecular weight excluding hydrogens is 222 g/mol. The van der Waals surface area contributed by atoms with Crippen LogP contribution in [0.15, 0.2) is 18.2 Å². The fourth-order valence-electron chi connectivity index (χ4n) is 3.54. The second kappa shape index (κ2) is 3.99. The van der Waals surface area contributed by atoms with Crippen molar-refractivity contribution in [3.8, 4) is 5.75 Å². The second-order valence-corrected chi connectivity index (χ2v) is 6.89. The van der Waals surface area contributed by atoms with Crippen LogP contribution in [0.25, 0.3) is 0 Å². The molecule has 0 amide bonds. The zero-order valence-corrected chi connectivity index (χ0v) is 11.7. The Kier molecular flexibility index (Phi) is 2.67. The number of benzene rings is 1. The normalized spacial score (nSPS) is 29.3. The van der Waals surface area contributed by atoms with Crippen molar-refractivity contribution in [3.05, 3.63) is 29.3 Å². The van der Waals surface area contributed by atoms with E-state index in [2.05, 4.69) is 44.3 Å². The van der Waals surface area contributed by atoms with Gasteiger partial charge in [-0.25, -0.2) is 0 Å². The zero-order valence-electron chi connectivity index (χ0n) is 11.7. The lowest BCUT2D eigenvalue weighted by atomic mass is 9.90. The second-order valence-electron chi connectivity index (χ2n) is 6.89. The molecule has 1 aliphatic carbocycles. The van der Waals surface area contributed by atoms with Gasteiger partial charge in [0, 0.05) is 18.7 Å². The maximum absolute atomic E-state index is 6.40. The summed E-state index contributed by atoms with van der Waals surface area (Å²) in [5.74, 6) is 1.10. The predicted octanol–water partition coefficient (Wildman–Crippen LogP) is 3.64. The van der Waals surface area contributed by atoms with Gasteiger partial charge in [0.1, 0.15) is 11.4 Å². The maximum atomic E-state index is 6.40. The van der Waals surface area contributed by atoms with E-state index in [1.807, 2.05) is 0 Å². The first-order chi connectivity index (χ1) is 8.48. The summed E-state index contributed by atoms with van der Waals surface area (Å²) >= 11 is 0. The van der Waals surface area contributed by atoms with Crippen LogP contribution >= 0.6 is 0 Å². The lowest BCUT2D eigenvalue weighted by Gasteiger charge is -2.29. The van der Waals surface area contributed by atoms with Crippen molar-refractivity contribution in [3.63, 3.8) is 0 Å². The van der Waals surface area contributed by atoms with Gasteiger partial charge in [-0.2, -0.15) is 0 Å². The molecule has 0 radical (unpaired) electrons. The van der Waals surface area contributed by atoms with Gasteiger partial charge in [-0.15, -0.1) is 0 Å². The van der Waals surface area contributed by atoms with E-state index in [4.69, 9.17) is 4.74 Å². The number of rotatable bonds is 2. The molecule has 0 aromatic heterocycles. The smallest absolute Gasteiger partial charge is 0.124 e. The fraction of sp³-hybridized carbons (Fsp3) is 0.625. The molecule has 18 heavy (non-hydrogen) atoms. The van der Waals surface area contributed by atoms with Crippen molar-refractivity contribution >= 4 is 0 Å². The largest absolute Gasteiger partial charge is 0.487 e. The van der Waals surface area contributed by atoms with Gasteiger partial charge in [-0.1, -0.05) is 26.0 Å². The van der Waals surface area contributed by atoms with E-state index in [1.165, 1.54) is 17.5 Å². The fourth-order valence-corrected chi connectivity index (χ4v) is 3.54. The van der Waals surface area contributed by atoms with Crippen LogP contribution in [-0.4, -0.2) is 5.60 Å². The summed E-state index contributed by atoms with van der Waals surface area (Å²) in [7, 11) is 0. The van der Waals surface area contributed by atoms with Crippen molar-refractivity contribution in [1.29, 1.82) is 0 Å². The molecule has 0 saturated heterocycles. The summed E-state index contributed by atoms with van der Waals surface area (Å²) in [6.45, 7) is 8.89. The van der Waals surface area contributed by atoms with Gasteiger partial charge in [0.15, 0.2) is 0 Å². The van der Waals surface area contributed by atoms with Crippen LogP contribution in [0, 0.1) is 5.41 Å². The van der Waals surface area contributed by atoms with E-state index in [0.29, 0.717) is 5.41 Å². The molecule has 1 N–H and O–H groups in total. The highest BCUT2D eigenvalue weighted by Gasteiger charge is 2.42. The van der Waals surface area contributed by atoms with Crippen LogP contribution in [0.5, 0.6) is 5.75 Å². The van der Waals surface area contributed by atoms with Crippen molar-refractivity contribution < 1.29 is 4.74 Å². The molecule has 2 heteroatoms. The average Bonchev–Trinajstić information content (AvgIpc) is 2.84. The Morgan fingerprint density at radius 2 is 1.94 bits per heavy atom. The predicted molar refractivity (Wildman–Crippen MR) is 73.7 cm³/mol. The van der Waals surface area contributed by atoms with Crippen LogP contribution in [-0.2, 0) is 13.1 Å². The highest BCUT2D eigenvalue weighted by Crippen LogP contribution is 2.46. The third kappa shape index (κ3) is 2.14. The summed E-state index contributed by atoms with van der Waals surface area (Å²) < 4.78 is 6.40. The Labute approximate surface area is 110 Å². The minimum absolute atomic E-state index is 0.0151. The highest BCUT2D eigenvalue weighted by molar-refractivity contribution is 5.42. The monoisotopic (exact) mass is 245 g/mol. The molecule has 1 atom stereocenters. The Morgan fingerprint density at radius 3 is 2.67 bits per heavy atom. The molecule has 1 aromatic carbocycles. The molecule has 1 saturated carbocycles. The first-order valence-electron chi connectivity index (χ1n) is 6.98. The van der Waals surface area contributed by atoms with E-state index < -0.39 is 0 Å². The van der Waals surface area contributed by atoms with E-state index in [9.17, 15) is 0 Å². The van der Waals surface area contributed by atoms with Gasteiger partial charge in [-0.3, -0.25) is 0 Å². The third-order valence-corrected chi connectivity index (χ3v) is 4.39. The standard InChI is InChI=1S/C16H23NO/c1-15(2)7-8-16(3,11-15)18-14-6-4-5-12-9-17-10-13(12)14/h4-6,17H,7-11H2,1-3H3. The van der Waals surface area contributed by atoms with Gasteiger partial charge in [0.2, 0.25) is 0 Å². The summed E-state index contributed by atoms with van der Waals surface area (Å²) in [4.78, 5) is 0. The Bertz CT molecular complexity index is 466. The number of ether oxygens (including phenoxy) is 1. The number of hydrogen-bond donors (Lipinski definition) is 1. The molecule has 0 bridgehead atoms. The summed E-state index contributed by atoms with van der Waals surface area (Å²) in [5.41, 5.74) is 3.20. The molecule has 3 rings (SSSR count). The summed E-state index contributed by atoms with van der Waals surface area (Å²) in [5, 5.41) is 3.40. The van der Waals surface area contributed by atoms with E-state index in [1.54, 1.807) is 0 Å². The van der Waals surface area contributed by atoms with Gasteiger partial charge >= 0.3 is 0 Å². The quantitative estimate of drug-likeness (QED) is 0.859. The molecule has 1 unspecified atom stereocenters. The van der Waals surface area contributed by atoms with E-state index in [0.717, 1.165) is 31.7 Å². The number of fused-ring (bicyclic) bond motifs is 1. The molecule has 1 heterocycles. The lowest BCUT2D eigenvalue weighted by molar-refractivity contribution is 0.0836. The van der Waals surface area contributed by atoms with Crippen LogP contribution in [0.2, 0.25) is 0 Å². The Balaban J connectivity index is 1.84. The molecule has 1 aromatic rings. The third-order valence-electron chi connectivity index (χ3n) is 4.39. The Hall–Kier alpha value is -1.02. The number of hydrogen-bond acceptors (Lipinski definition) is 2. The number of nitrogens with one attached hydrogen (secondary N) is 1. The molecule has 2 nitrogen and oxygen atoms in total. The highest BCUT2D eigenvalue weighted by atomic mass is 16.5. The summed E-state index contributed by atoms with van der Waals surface area (Å²) in [6.07, 6.45) is 3.57. The van der Waals surface area contributed by atoms with Crippen molar-refractivity contribution in [2.45, 2.75) is 58.7 Å². The Morgan fingerprint density at radius 1 is 1.11 bits per heavy atom. The SMILES string of the molecule is CC1(C)CCC(C)(Oc2cccc3c2CNC3)C1. The van der Waals surface area contributed by atoms with Gasteiger partial charge in [-0.05, 0) is 43.2 Å².